The van der Waals surface area contributed by atoms with E-state index in [2.05, 4.69) is 5.10 Å². The smallest absolute Gasteiger partial charge is 0.465 e. The molecule has 0 radical (unpaired) electrons. The van der Waals surface area contributed by atoms with Crippen molar-refractivity contribution in [2.24, 2.45) is 0 Å². The van der Waals surface area contributed by atoms with E-state index in [-0.39, 0.29) is 12.1 Å². The van der Waals surface area contributed by atoms with Crippen LogP contribution >= 0.6 is 0 Å². The van der Waals surface area contributed by atoms with Crippen LogP contribution in [0.5, 0.6) is 0 Å². The van der Waals surface area contributed by atoms with Crippen molar-refractivity contribution in [2.75, 3.05) is 13.2 Å². The molecule has 2 atom stereocenters. The summed E-state index contributed by atoms with van der Waals surface area (Å²) < 4.78 is 19.5. The Morgan fingerprint density at radius 3 is 2.60 bits per heavy atom. The Labute approximate surface area is 148 Å². The normalized spacial score (nSPS) is 28.4. The molecule has 1 N–H and O–H groups in total. The van der Waals surface area contributed by atoms with Gasteiger partial charge in [0.2, 0.25) is 0 Å². The molecule has 2 saturated heterocycles. The topological polar surface area (TPSA) is 86.1 Å². The van der Waals surface area contributed by atoms with Crippen molar-refractivity contribution in [3.8, 4) is 0 Å². The third-order valence-corrected chi connectivity index (χ3v) is 5.32. The van der Waals surface area contributed by atoms with Crippen LogP contribution in [0, 0.1) is 0 Å². The highest BCUT2D eigenvalue weighted by Crippen LogP contribution is 2.36. The Bertz CT molecular complexity index is 631. The number of hydrogen-bond acceptors (Lipinski definition) is 5. The molecule has 3 heterocycles. The first-order valence-electron chi connectivity index (χ1n) is 8.58. The molecule has 0 bridgehead atoms. The molecule has 3 rings (SSSR count). The van der Waals surface area contributed by atoms with Crippen LogP contribution in [0.2, 0.25) is 0 Å². The SMILES string of the molecule is C[C@@H]1CO[C@H](Cn2cc(B3OC(C)(C)C(C)(C)O3)cn2)CN1C(=O)O. The molecule has 2 aliphatic heterocycles. The predicted molar refractivity (Wildman–Crippen MR) is 91.9 cm³/mol. The number of rotatable bonds is 3. The molecule has 0 aromatic carbocycles. The Kier molecular flexibility index (Phi) is 4.59. The van der Waals surface area contributed by atoms with Crippen LogP contribution in [0.3, 0.4) is 0 Å². The Morgan fingerprint density at radius 1 is 1.36 bits per heavy atom. The zero-order valence-electron chi connectivity index (χ0n) is 15.4. The number of aromatic nitrogens is 2. The summed E-state index contributed by atoms with van der Waals surface area (Å²) in [6.45, 7) is 11.1. The summed E-state index contributed by atoms with van der Waals surface area (Å²) in [7, 11) is -0.457. The van der Waals surface area contributed by atoms with E-state index in [0.717, 1.165) is 5.46 Å². The molecule has 1 aromatic heterocycles. The third kappa shape index (κ3) is 3.54. The van der Waals surface area contributed by atoms with Crippen LogP contribution in [0.4, 0.5) is 4.79 Å². The van der Waals surface area contributed by atoms with E-state index in [1.54, 1.807) is 10.9 Å². The van der Waals surface area contributed by atoms with Gasteiger partial charge in [-0.25, -0.2) is 4.79 Å². The standard InChI is InChI=1S/C16H26BN3O5/c1-11-10-23-13(9-20(11)14(21)22)8-19-7-12(6-18-19)17-24-15(2,3)16(4,5)25-17/h6-7,11,13H,8-10H2,1-5H3,(H,21,22)/t11-,13-/m1/s1. The summed E-state index contributed by atoms with van der Waals surface area (Å²) in [4.78, 5) is 12.7. The second-order valence-corrected chi connectivity index (χ2v) is 7.82. The second kappa shape index (κ2) is 6.30. The van der Waals surface area contributed by atoms with Crippen LogP contribution in [0.1, 0.15) is 34.6 Å². The summed E-state index contributed by atoms with van der Waals surface area (Å²) in [6, 6.07) is -0.133. The monoisotopic (exact) mass is 351 g/mol. The van der Waals surface area contributed by atoms with E-state index in [9.17, 15) is 9.90 Å². The van der Waals surface area contributed by atoms with Crippen LogP contribution in [-0.4, -0.2) is 69.5 Å². The van der Waals surface area contributed by atoms with Gasteiger partial charge in [0.25, 0.3) is 0 Å². The van der Waals surface area contributed by atoms with Crippen LogP contribution in [0.25, 0.3) is 0 Å². The lowest BCUT2D eigenvalue weighted by Gasteiger charge is -2.36. The molecule has 138 valence electrons. The maximum absolute atomic E-state index is 11.3. The predicted octanol–water partition coefficient (Wildman–Crippen LogP) is 0.950. The van der Waals surface area contributed by atoms with E-state index in [0.29, 0.717) is 19.7 Å². The number of carboxylic acid groups (broad SMARTS) is 1. The second-order valence-electron chi connectivity index (χ2n) is 7.82. The highest BCUT2D eigenvalue weighted by Gasteiger charge is 2.52. The van der Waals surface area contributed by atoms with Crippen molar-refractivity contribution in [1.29, 1.82) is 0 Å². The number of carbonyl (C=O) groups is 1. The van der Waals surface area contributed by atoms with Crippen LogP contribution in [-0.2, 0) is 20.6 Å². The number of ether oxygens (including phenoxy) is 1. The third-order valence-electron chi connectivity index (χ3n) is 5.32. The molecule has 25 heavy (non-hydrogen) atoms. The van der Waals surface area contributed by atoms with Crippen molar-refractivity contribution in [3.63, 3.8) is 0 Å². The minimum Gasteiger partial charge on any atom is -0.465 e. The van der Waals surface area contributed by atoms with Gasteiger partial charge in [-0.3, -0.25) is 4.68 Å². The maximum Gasteiger partial charge on any atom is 0.498 e. The molecule has 2 fully saturated rings. The van der Waals surface area contributed by atoms with E-state index >= 15 is 0 Å². The fourth-order valence-electron chi connectivity index (χ4n) is 2.98. The van der Waals surface area contributed by atoms with Gasteiger partial charge in [-0.2, -0.15) is 5.10 Å². The fourth-order valence-corrected chi connectivity index (χ4v) is 2.98. The summed E-state index contributed by atoms with van der Waals surface area (Å²) in [5.74, 6) is 0. The summed E-state index contributed by atoms with van der Waals surface area (Å²) in [5.41, 5.74) is 0.0484. The average Bonchev–Trinajstić information content (AvgIpc) is 3.03. The summed E-state index contributed by atoms with van der Waals surface area (Å²) in [5, 5.41) is 13.6. The Morgan fingerprint density at radius 2 is 2.00 bits per heavy atom. The Balaban J connectivity index is 1.64. The van der Waals surface area contributed by atoms with Crippen LogP contribution < -0.4 is 5.46 Å². The average molecular weight is 351 g/mol. The van der Waals surface area contributed by atoms with Crippen molar-refractivity contribution < 1.29 is 23.9 Å². The van der Waals surface area contributed by atoms with E-state index < -0.39 is 24.4 Å². The van der Waals surface area contributed by atoms with Gasteiger partial charge in [-0.1, -0.05) is 0 Å². The molecule has 8 nitrogen and oxygen atoms in total. The summed E-state index contributed by atoms with van der Waals surface area (Å²) >= 11 is 0. The minimum atomic E-state index is -0.917. The van der Waals surface area contributed by atoms with Gasteiger partial charge in [0, 0.05) is 17.9 Å². The van der Waals surface area contributed by atoms with Gasteiger partial charge < -0.3 is 24.1 Å². The first kappa shape index (κ1) is 18.2. The van der Waals surface area contributed by atoms with E-state index in [1.165, 1.54) is 4.90 Å². The van der Waals surface area contributed by atoms with Gasteiger partial charge >= 0.3 is 13.2 Å². The van der Waals surface area contributed by atoms with Gasteiger partial charge in [0.1, 0.15) is 0 Å². The molecule has 0 unspecified atom stereocenters. The number of amides is 1. The zero-order valence-corrected chi connectivity index (χ0v) is 15.4. The van der Waals surface area contributed by atoms with Gasteiger partial charge in [0.15, 0.2) is 0 Å². The zero-order chi connectivity index (χ0) is 18.4. The molecular weight excluding hydrogens is 325 g/mol. The van der Waals surface area contributed by atoms with E-state index in [1.807, 2.05) is 40.8 Å². The molecule has 0 spiro atoms. The lowest BCUT2D eigenvalue weighted by Crippen LogP contribution is -2.51. The van der Waals surface area contributed by atoms with Crippen molar-refractivity contribution in [3.05, 3.63) is 12.4 Å². The lowest BCUT2D eigenvalue weighted by molar-refractivity contribution is -0.0564. The number of nitrogens with zero attached hydrogens (tertiary/aromatic N) is 3. The molecule has 1 aromatic rings. The van der Waals surface area contributed by atoms with E-state index in [4.69, 9.17) is 14.0 Å². The quantitative estimate of drug-likeness (QED) is 0.816. The van der Waals surface area contributed by atoms with Crippen molar-refractivity contribution in [1.82, 2.24) is 14.7 Å². The minimum absolute atomic E-state index is 0.133. The van der Waals surface area contributed by atoms with Gasteiger partial charge in [0.05, 0.1) is 43.0 Å². The first-order valence-corrected chi connectivity index (χ1v) is 8.58. The number of hydrogen-bond donors (Lipinski definition) is 1. The lowest BCUT2D eigenvalue weighted by atomic mass is 9.82. The molecule has 9 heteroatoms. The Hall–Kier alpha value is -1.58. The highest BCUT2D eigenvalue weighted by molar-refractivity contribution is 6.61. The first-order chi connectivity index (χ1) is 11.6. The summed E-state index contributed by atoms with van der Waals surface area (Å²) in [6.07, 6.45) is 2.45. The largest absolute Gasteiger partial charge is 0.498 e. The molecular formula is C16H26BN3O5. The molecule has 2 aliphatic rings. The van der Waals surface area contributed by atoms with Gasteiger partial charge in [-0.05, 0) is 34.6 Å². The molecule has 0 aliphatic carbocycles. The number of morpholine rings is 1. The highest BCUT2D eigenvalue weighted by atomic mass is 16.7. The maximum atomic E-state index is 11.3. The molecule has 0 saturated carbocycles. The molecule has 1 amide bonds. The fraction of sp³-hybridized carbons (Fsp3) is 0.750. The van der Waals surface area contributed by atoms with Crippen molar-refractivity contribution >= 4 is 18.7 Å². The van der Waals surface area contributed by atoms with Crippen molar-refractivity contribution in [2.45, 2.75) is 64.5 Å². The van der Waals surface area contributed by atoms with Crippen LogP contribution in [0.15, 0.2) is 12.4 Å². The van der Waals surface area contributed by atoms with Gasteiger partial charge in [-0.15, -0.1) is 0 Å².